The number of halogens is 4. The molecule has 0 aliphatic rings. The molecule has 0 spiro atoms. The molecule has 0 saturated carbocycles. The lowest BCUT2D eigenvalue weighted by atomic mass is 9.97. The lowest BCUT2D eigenvalue weighted by Gasteiger charge is -2.13. The minimum atomic E-state index is -4.33. The Balaban J connectivity index is 2.43. The summed E-state index contributed by atoms with van der Waals surface area (Å²) in [6.07, 6.45) is -4.33. The van der Waals surface area contributed by atoms with Crippen LogP contribution in [0.15, 0.2) is 36.4 Å². The first-order chi connectivity index (χ1) is 9.82. The second-order valence-corrected chi connectivity index (χ2v) is 5.28. The molecule has 0 unspecified atom stereocenters. The van der Waals surface area contributed by atoms with Crippen LogP contribution in [-0.2, 0) is 12.7 Å². The van der Waals surface area contributed by atoms with E-state index >= 15 is 0 Å². The number of alkyl halides is 3. The molecule has 0 heterocycles. The monoisotopic (exact) mass is 313 g/mol. The zero-order chi connectivity index (χ0) is 15.6. The van der Waals surface area contributed by atoms with Gasteiger partial charge in [0.05, 0.1) is 5.56 Å². The number of nitrogens with one attached hydrogen (secondary N) is 1. The van der Waals surface area contributed by atoms with Gasteiger partial charge < -0.3 is 5.32 Å². The zero-order valence-electron chi connectivity index (χ0n) is 11.7. The van der Waals surface area contributed by atoms with Crippen molar-refractivity contribution in [3.05, 3.63) is 58.1 Å². The van der Waals surface area contributed by atoms with Gasteiger partial charge in [0.25, 0.3) is 0 Å². The van der Waals surface area contributed by atoms with E-state index in [1.54, 1.807) is 6.92 Å². The second kappa shape index (κ2) is 6.08. The number of benzene rings is 2. The number of hydrogen-bond donors (Lipinski definition) is 1. The van der Waals surface area contributed by atoms with Crippen molar-refractivity contribution in [1.29, 1.82) is 0 Å². The molecule has 0 saturated heterocycles. The molecule has 0 amide bonds. The quantitative estimate of drug-likeness (QED) is 0.835. The number of hydrogen-bond acceptors (Lipinski definition) is 1. The van der Waals surface area contributed by atoms with Crippen LogP contribution in [0.1, 0.15) is 16.7 Å². The summed E-state index contributed by atoms with van der Waals surface area (Å²) in [5.41, 5.74) is 2.38. The Morgan fingerprint density at radius 2 is 1.71 bits per heavy atom. The van der Waals surface area contributed by atoms with Crippen molar-refractivity contribution in [2.75, 3.05) is 7.05 Å². The van der Waals surface area contributed by atoms with Crippen LogP contribution in [0.25, 0.3) is 11.1 Å². The van der Waals surface area contributed by atoms with Crippen molar-refractivity contribution >= 4 is 11.6 Å². The maximum Gasteiger partial charge on any atom is 0.416 e. The molecule has 2 aromatic rings. The third-order valence-electron chi connectivity index (χ3n) is 3.26. The SMILES string of the molecule is CNCc1ccc(-c2ccc(C(F)(F)F)cc2C)c(Cl)c1. The zero-order valence-corrected chi connectivity index (χ0v) is 12.4. The first kappa shape index (κ1) is 15.9. The summed E-state index contributed by atoms with van der Waals surface area (Å²) >= 11 is 6.25. The van der Waals surface area contributed by atoms with Crippen LogP contribution in [0.2, 0.25) is 5.02 Å². The van der Waals surface area contributed by atoms with E-state index in [2.05, 4.69) is 5.32 Å². The highest BCUT2D eigenvalue weighted by Gasteiger charge is 2.30. The summed E-state index contributed by atoms with van der Waals surface area (Å²) in [5, 5.41) is 3.56. The van der Waals surface area contributed by atoms with Crippen LogP contribution < -0.4 is 5.32 Å². The van der Waals surface area contributed by atoms with Gasteiger partial charge in [-0.1, -0.05) is 29.8 Å². The highest BCUT2D eigenvalue weighted by Crippen LogP contribution is 2.35. The summed E-state index contributed by atoms with van der Waals surface area (Å²) in [6, 6.07) is 9.27. The van der Waals surface area contributed by atoms with E-state index in [0.717, 1.165) is 23.3 Å². The summed E-state index contributed by atoms with van der Waals surface area (Å²) in [5.74, 6) is 0. The molecule has 1 N–H and O–H groups in total. The second-order valence-electron chi connectivity index (χ2n) is 4.87. The van der Waals surface area contributed by atoms with Crippen LogP contribution >= 0.6 is 11.6 Å². The van der Waals surface area contributed by atoms with Crippen molar-refractivity contribution in [1.82, 2.24) is 5.32 Å². The topological polar surface area (TPSA) is 12.0 Å². The van der Waals surface area contributed by atoms with Gasteiger partial charge in [-0.3, -0.25) is 0 Å². The van der Waals surface area contributed by atoms with Crippen molar-refractivity contribution in [3.63, 3.8) is 0 Å². The molecular weight excluding hydrogens is 299 g/mol. The first-order valence-corrected chi connectivity index (χ1v) is 6.82. The molecular formula is C16H15ClF3N. The standard InChI is InChI=1S/C16H15ClF3N/c1-10-7-12(16(18,19)20)4-6-13(10)14-5-3-11(9-21-2)8-15(14)17/h3-8,21H,9H2,1-2H3. The van der Waals surface area contributed by atoms with Crippen LogP contribution in [0.5, 0.6) is 0 Å². The maximum absolute atomic E-state index is 12.7. The fourth-order valence-electron chi connectivity index (χ4n) is 2.23. The normalized spacial score (nSPS) is 11.7. The van der Waals surface area contributed by atoms with E-state index in [1.165, 1.54) is 6.07 Å². The highest BCUT2D eigenvalue weighted by molar-refractivity contribution is 6.33. The summed E-state index contributed by atoms with van der Waals surface area (Å²) < 4.78 is 38.1. The molecule has 0 radical (unpaired) electrons. The van der Waals surface area contributed by atoms with E-state index in [9.17, 15) is 13.2 Å². The molecule has 0 bridgehead atoms. The van der Waals surface area contributed by atoms with E-state index < -0.39 is 11.7 Å². The Bertz CT molecular complexity index is 650. The van der Waals surface area contributed by atoms with Crippen molar-refractivity contribution in [2.24, 2.45) is 0 Å². The Morgan fingerprint density at radius 3 is 2.24 bits per heavy atom. The first-order valence-electron chi connectivity index (χ1n) is 6.44. The van der Waals surface area contributed by atoms with Crippen molar-refractivity contribution < 1.29 is 13.2 Å². The third kappa shape index (κ3) is 3.57. The van der Waals surface area contributed by atoms with Gasteiger partial charge in [-0.15, -0.1) is 0 Å². The van der Waals surface area contributed by atoms with Crippen LogP contribution in [0.3, 0.4) is 0 Å². The molecule has 0 aromatic heterocycles. The van der Waals surface area contributed by atoms with Gasteiger partial charge in [0.15, 0.2) is 0 Å². The van der Waals surface area contributed by atoms with E-state index in [-0.39, 0.29) is 0 Å². The van der Waals surface area contributed by atoms with Crippen molar-refractivity contribution in [3.8, 4) is 11.1 Å². The summed E-state index contributed by atoms with van der Waals surface area (Å²) in [6.45, 7) is 2.34. The molecule has 1 nitrogen and oxygen atoms in total. The molecule has 0 aliphatic heterocycles. The Kier molecular flexibility index (Phi) is 4.59. The summed E-state index contributed by atoms with van der Waals surface area (Å²) in [4.78, 5) is 0. The molecule has 21 heavy (non-hydrogen) atoms. The van der Waals surface area contributed by atoms with Gasteiger partial charge in [0.1, 0.15) is 0 Å². The van der Waals surface area contributed by atoms with Gasteiger partial charge in [0, 0.05) is 17.1 Å². The minimum absolute atomic E-state index is 0.533. The van der Waals surface area contributed by atoms with Gasteiger partial charge in [-0.05, 0) is 48.9 Å². The van der Waals surface area contributed by atoms with Crippen LogP contribution in [-0.4, -0.2) is 7.05 Å². The highest BCUT2D eigenvalue weighted by atomic mass is 35.5. The Labute approximate surface area is 126 Å². The smallest absolute Gasteiger partial charge is 0.316 e. The van der Waals surface area contributed by atoms with Crippen LogP contribution in [0, 0.1) is 6.92 Å². The van der Waals surface area contributed by atoms with E-state index in [4.69, 9.17) is 11.6 Å². The van der Waals surface area contributed by atoms with Gasteiger partial charge >= 0.3 is 6.18 Å². The van der Waals surface area contributed by atoms with Crippen LogP contribution in [0.4, 0.5) is 13.2 Å². The van der Waals surface area contributed by atoms with E-state index in [0.29, 0.717) is 22.7 Å². The molecule has 5 heteroatoms. The molecule has 112 valence electrons. The minimum Gasteiger partial charge on any atom is -0.316 e. The van der Waals surface area contributed by atoms with Crippen molar-refractivity contribution in [2.45, 2.75) is 19.6 Å². The van der Waals surface area contributed by atoms with Gasteiger partial charge in [-0.25, -0.2) is 0 Å². The maximum atomic E-state index is 12.7. The molecule has 0 aliphatic carbocycles. The average Bonchev–Trinajstić information content (AvgIpc) is 2.39. The molecule has 2 rings (SSSR count). The fourth-order valence-corrected chi connectivity index (χ4v) is 2.54. The average molecular weight is 314 g/mol. The molecule has 2 aromatic carbocycles. The lowest BCUT2D eigenvalue weighted by Crippen LogP contribution is -2.06. The molecule has 0 fully saturated rings. The van der Waals surface area contributed by atoms with Gasteiger partial charge in [-0.2, -0.15) is 13.2 Å². The Morgan fingerprint density at radius 1 is 1.05 bits per heavy atom. The predicted octanol–water partition coefficient (Wildman–Crippen LogP) is 5.05. The number of rotatable bonds is 3. The molecule has 0 atom stereocenters. The van der Waals surface area contributed by atoms with E-state index in [1.807, 2.05) is 25.2 Å². The lowest BCUT2D eigenvalue weighted by molar-refractivity contribution is -0.137. The van der Waals surface area contributed by atoms with Gasteiger partial charge in [0.2, 0.25) is 0 Å². The fraction of sp³-hybridized carbons (Fsp3) is 0.250. The largest absolute Gasteiger partial charge is 0.416 e. The third-order valence-corrected chi connectivity index (χ3v) is 3.57. The predicted molar refractivity (Wildman–Crippen MR) is 79.4 cm³/mol. The Hall–Kier alpha value is -1.52. The number of aryl methyl sites for hydroxylation is 1. The summed E-state index contributed by atoms with van der Waals surface area (Å²) in [7, 11) is 1.84.